The van der Waals surface area contributed by atoms with Crippen LogP contribution < -0.4 is 10.6 Å². The molecule has 1 saturated carbocycles. The van der Waals surface area contributed by atoms with Gasteiger partial charge in [-0.3, -0.25) is 0 Å². The zero-order valence-electron chi connectivity index (χ0n) is 11.3. The van der Waals surface area contributed by atoms with Crippen LogP contribution in [0.15, 0.2) is 18.2 Å². The van der Waals surface area contributed by atoms with Gasteiger partial charge < -0.3 is 10.6 Å². The van der Waals surface area contributed by atoms with Gasteiger partial charge in [-0.25, -0.2) is 0 Å². The van der Waals surface area contributed by atoms with E-state index in [2.05, 4.69) is 44.0 Å². The number of anilines is 1. The molecule has 0 saturated heterocycles. The summed E-state index contributed by atoms with van der Waals surface area (Å²) in [7, 11) is 2.18. The fourth-order valence-electron chi connectivity index (χ4n) is 2.87. The topological polar surface area (TPSA) is 29.3 Å². The van der Waals surface area contributed by atoms with Crippen LogP contribution in [-0.2, 0) is 0 Å². The molecule has 0 bridgehead atoms. The van der Waals surface area contributed by atoms with Crippen LogP contribution in [0.25, 0.3) is 0 Å². The summed E-state index contributed by atoms with van der Waals surface area (Å²) in [5, 5.41) is 0. The van der Waals surface area contributed by atoms with Gasteiger partial charge in [-0.15, -0.1) is 0 Å². The second-order valence-corrected chi connectivity index (χ2v) is 5.76. The highest BCUT2D eigenvalue weighted by Crippen LogP contribution is 2.41. The molecule has 0 radical (unpaired) electrons. The zero-order valence-corrected chi connectivity index (χ0v) is 11.3. The van der Waals surface area contributed by atoms with Crippen molar-refractivity contribution >= 4 is 5.69 Å². The van der Waals surface area contributed by atoms with Crippen molar-refractivity contribution in [1.29, 1.82) is 0 Å². The van der Waals surface area contributed by atoms with Crippen LogP contribution in [-0.4, -0.2) is 20.1 Å². The van der Waals surface area contributed by atoms with Gasteiger partial charge in [0.05, 0.1) is 0 Å². The normalized spacial score (nSPS) is 17.6. The second kappa shape index (κ2) is 4.69. The predicted octanol–water partition coefficient (Wildman–Crippen LogP) is 2.87. The Bertz CT molecular complexity index is 368. The van der Waals surface area contributed by atoms with Gasteiger partial charge in [0, 0.05) is 24.7 Å². The van der Waals surface area contributed by atoms with Gasteiger partial charge in [0.15, 0.2) is 0 Å². The van der Waals surface area contributed by atoms with Crippen LogP contribution in [0.3, 0.4) is 0 Å². The SMILES string of the molecule is Cc1cc(C)cc(N(C)CC2(CN)CCC2)c1. The van der Waals surface area contributed by atoms with Crippen LogP contribution in [0, 0.1) is 19.3 Å². The van der Waals surface area contributed by atoms with E-state index in [-0.39, 0.29) is 0 Å². The lowest BCUT2D eigenvalue weighted by molar-refractivity contribution is 0.154. The maximum Gasteiger partial charge on any atom is 0.0369 e. The number of aryl methyl sites for hydroxylation is 2. The molecule has 0 heterocycles. The Kier molecular flexibility index (Phi) is 3.43. The summed E-state index contributed by atoms with van der Waals surface area (Å²) in [6, 6.07) is 6.74. The number of benzene rings is 1. The Morgan fingerprint density at radius 1 is 1.18 bits per heavy atom. The number of nitrogens with zero attached hydrogens (tertiary/aromatic N) is 1. The summed E-state index contributed by atoms with van der Waals surface area (Å²) in [6.07, 6.45) is 3.93. The summed E-state index contributed by atoms with van der Waals surface area (Å²) in [5.41, 5.74) is 10.3. The average Bonchev–Trinajstić information content (AvgIpc) is 2.21. The maximum absolute atomic E-state index is 5.93. The molecular weight excluding hydrogens is 208 g/mol. The third kappa shape index (κ3) is 2.63. The van der Waals surface area contributed by atoms with Crippen molar-refractivity contribution in [3.8, 4) is 0 Å². The first-order valence-electron chi connectivity index (χ1n) is 6.54. The molecule has 1 aromatic carbocycles. The van der Waals surface area contributed by atoms with Crippen LogP contribution >= 0.6 is 0 Å². The van der Waals surface area contributed by atoms with Gasteiger partial charge in [0.25, 0.3) is 0 Å². The first kappa shape index (κ1) is 12.4. The summed E-state index contributed by atoms with van der Waals surface area (Å²) in [6.45, 7) is 6.23. The lowest BCUT2D eigenvalue weighted by Gasteiger charge is -2.44. The molecule has 0 unspecified atom stereocenters. The van der Waals surface area contributed by atoms with Crippen molar-refractivity contribution in [3.05, 3.63) is 29.3 Å². The molecule has 1 aliphatic carbocycles. The average molecular weight is 232 g/mol. The molecule has 0 atom stereocenters. The summed E-state index contributed by atoms with van der Waals surface area (Å²) in [4.78, 5) is 2.37. The highest BCUT2D eigenvalue weighted by molar-refractivity contribution is 5.50. The van der Waals surface area contributed by atoms with E-state index in [1.54, 1.807) is 0 Å². The largest absolute Gasteiger partial charge is 0.374 e. The maximum atomic E-state index is 5.93. The molecule has 2 rings (SSSR count). The van der Waals surface area contributed by atoms with Gasteiger partial charge in [-0.05, 0) is 56.5 Å². The van der Waals surface area contributed by atoms with Gasteiger partial charge in [-0.2, -0.15) is 0 Å². The first-order chi connectivity index (χ1) is 8.04. The monoisotopic (exact) mass is 232 g/mol. The predicted molar refractivity (Wildman–Crippen MR) is 74.5 cm³/mol. The number of hydrogen-bond acceptors (Lipinski definition) is 2. The van der Waals surface area contributed by atoms with Crippen LogP contribution in [0.2, 0.25) is 0 Å². The fourth-order valence-corrected chi connectivity index (χ4v) is 2.87. The number of hydrogen-bond donors (Lipinski definition) is 1. The molecule has 2 nitrogen and oxygen atoms in total. The van der Waals surface area contributed by atoms with E-state index in [0.29, 0.717) is 5.41 Å². The van der Waals surface area contributed by atoms with Crippen molar-refractivity contribution in [1.82, 2.24) is 0 Å². The number of nitrogens with two attached hydrogens (primary N) is 1. The highest BCUT2D eigenvalue weighted by Gasteiger charge is 2.36. The molecule has 17 heavy (non-hydrogen) atoms. The molecule has 0 amide bonds. The van der Waals surface area contributed by atoms with Crippen molar-refractivity contribution < 1.29 is 0 Å². The molecule has 1 fully saturated rings. The Morgan fingerprint density at radius 2 is 1.76 bits per heavy atom. The van der Waals surface area contributed by atoms with Crippen LogP contribution in [0.1, 0.15) is 30.4 Å². The minimum Gasteiger partial charge on any atom is -0.374 e. The Labute approximate surface area is 105 Å². The molecule has 1 aromatic rings. The minimum absolute atomic E-state index is 0.381. The minimum atomic E-state index is 0.381. The highest BCUT2D eigenvalue weighted by atomic mass is 15.1. The molecular formula is C15H24N2. The van der Waals surface area contributed by atoms with Crippen molar-refractivity contribution in [3.63, 3.8) is 0 Å². The van der Waals surface area contributed by atoms with Crippen LogP contribution in [0.5, 0.6) is 0 Å². The quantitative estimate of drug-likeness (QED) is 0.865. The van der Waals surface area contributed by atoms with Crippen molar-refractivity contribution in [2.24, 2.45) is 11.1 Å². The standard InChI is InChI=1S/C15H24N2/c1-12-7-13(2)9-14(8-12)17(3)11-15(10-16)5-4-6-15/h7-9H,4-6,10-11,16H2,1-3H3. The van der Waals surface area contributed by atoms with E-state index >= 15 is 0 Å². The Balaban J connectivity index is 2.11. The van der Waals surface area contributed by atoms with E-state index < -0.39 is 0 Å². The van der Waals surface area contributed by atoms with Crippen LogP contribution in [0.4, 0.5) is 5.69 Å². The van der Waals surface area contributed by atoms with E-state index in [4.69, 9.17) is 5.73 Å². The van der Waals surface area contributed by atoms with Gasteiger partial charge in [-0.1, -0.05) is 12.5 Å². The third-order valence-electron chi connectivity index (χ3n) is 4.07. The number of rotatable bonds is 4. The van der Waals surface area contributed by atoms with Gasteiger partial charge in [0.1, 0.15) is 0 Å². The lowest BCUT2D eigenvalue weighted by atomic mass is 9.68. The molecule has 0 aliphatic heterocycles. The third-order valence-corrected chi connectivity index (χ3v) is 4.07. The lowest BCUT2D eigenvalue weighted by Crippen LogP contribution is -2.46. The summed E-state index contributed by atoms with van der Waals surface area (Å²) >= 11 is 0. The molecule has 2 heteroatoms. The zero-order chi connectivity index (χ0) is 12.5. The van der Waals surface area contributed by atoms with Gasteiger partial charge >= 0.3 is 0 Å². The van der Waals surface area contributed by atoms with E-state index in [1.807, 2.05) is 0 Å². The Morgan fingerprint density at radius 3 is 2.18 bits per heavy atom. The first-order valence-corrected chi connectivity index (χ1v) is 6.54. The van der Waals surface area contributed by atoms with Gasteiger partial charge in [0.2, 0.25) is 0 Å². The fraction of sp³-hybridized carbons (Fsp3) is 0.600. The second-order valence-electron chi connectivity index (χ2n) is 5.76. The molecule has 0 spiro atoms. The molecule has 1 aliphatic rings. The summed E-state index contributed by atoms with van der Waals surface area (Å²) in [5.74, 6) is 0. The molecule has 0 aromatic heterocycles. The van der Waals surface area contributed by atoms with E-state index in [9.17, 15) is 0 Å². The molecule has 94 valence electrons. The van der Waals surface area contributed by atoms with Crippen molar-refractivity contribution in [2.75, 3.05) is 25.0 Å². The van der Waals surface area contributed by atoms with E-state index in [0.717, 1.165) is 13.1 Å². The Hall–Kier alpha value is -1.02. The summed E-state index contributed by atoms with van der Waals surface area (Å²) < 4.78 is 0. The smallest absolute Gasteiger partial charge is 0.0369 e. The van der Waals surface area contributed by atoms with E-state index in [1.165, 1.54) is 36.1 Å². The van der Waals surface area contributed by atoms with Crippen molar-refractivity contribution in [2.45, 2.75) is 33.1 Å². The molecule has 2 N–H and O–H groups in total.